The Labute approximate surface area is 76.7 Å². The third-order valence-electron chi connectivity index (χ3n) is 2.52. The van der Waals surface area contributed by atoms with E-state index in [1.165, 1.54) is 22.3 Å². The highest BCUT2D eigenvalue weighted by molar-refractivity contribution is 5.41. The zero-order valence-corrected chi connectivity index (χ0v) is 9.21. The monoisotopic (exact) mass is 164 g/mol. The van der Waals surface area contributed by atoms with E-state index < -0.39 is 0 Å². The van der Waals surface area contributed by atoms with Gasteiger partial charge >= 0.3 is 0 Å². The van der Waals surface area contributed by atoms with E-state index in [9.17, 15) is 0 Å². The van der Waals surface area contributed by atoms with Gasteiger partial charge in [0.05, 0.1) is 0 Å². The molecule has 0 radical (unpaired) electrons. The molecule has 0 aromatic rings. The van der Waals surface area contributed by atoms with Gasteiger partial charge in [-0.2, -0.15) is 0 Å². The summed E-state index contributed by atoms with van der Waals surface area (Å²) in [6.45, 7) is 16.7. The average molecular weight is 164 g/mol. The van der Waals surface area contributed by atoms with Crippen LogP contribution in [0.3, 0.4) is 0 Å². The van der Waals surface area contributed by atoms with Gasteiger partial charge in [-0.05, 0) is 58.3 Å². The summed E-state index contributed by atoms with van der Waals surface area (Å²) in [5.41, 5.74) is 6.60. The maximum Gasteiger partial charge on any atom is -0.0392 e. The van der Waals surface area contributed by atoms with Crippen LogP contribution in [0.15, 0.2) is 34.4 Å². The Bertz CT molecular complexity index is 245. The number of hydrogen-bond acceptors (Lipinski definition) is 0. The summed E-state index contributed by atoms with van der Waals surface area (Å²) < 4.78 is 0. The summed E-state index contributed by atoms with van der Waals surface area (Å²) in [7, 11) is 0. The fourth-order valence-electron chi connectivity index (χ4n) is 0.976. The first-order valence-electron chi connectivity index (χ1n) is 4.35. The van der Waals surface area contributed by atoms with Crippen LogP contribution < -0.4 is 0 Å². The van der Waals surface area contributed by atoms with Gasteiger partial charge in [0, 0.05) is 0 Å². The second kappa shape index (κ2) is 4.30. The standard InChI is InChI=1S/C12H20/c1-8(2)10(5)12(7)11(6)9(3)4/h1H2,2-7H3/b12-10-. The third-order valence-corrected chi connectivity index (χ3v) is 2.52. The van der Waals surface area contributed by atoms with Crippen LogP contribution in [-0.4, -0.2) is 0 Å². The molecule has 0 aliphatic carbocycles. The molecule has 0 aromatic heterocycles. The van der Waals surface area contributed by atoms with E-state index in [0.29, 0.717) is 0 Å². The SMILES string of the molecule is C=C(C)/C(C)=C(/C)C(C)=C(C)C. The van der Waals surface area contributed by atoms with E-state index in [1.54, 1.807) is 0 Å². The van der Waals surface area contributed by atoms with E-state index in [1.807, 2.05) is 0 Å². The molecule has 0 amide bonds. The van der Waals surface area contributed by atoms with Gasteiger partial charge in [-0.3, -0.25) is 0 Å². The Kier molecular flexibility index (Phi) is 4.02. The van der Waals surface area contributed by atoms with Gasteiger partial charge in [-0.25, -0.2) is 0 Å². The van der Waals surface area contributed by atoms with Crippen LogP contribution in [0.2, 0.25) is 0 Å². The van der Waals surface area contributed by atoms with E-state index in [4.69, 9.17) is 0 Å². The maximum absolute atomic E-state index is 3.94. The lowest BCUT2D eigenvalue weighted by Crippen LogP contribution is -1.89. The average Bonchev–Trinajstić information content (AvgIpc) is 2.00. The lowest BCUT2D eigenvalue weighted by Gasteiger charge is -2.09. The van der Waals surface area contributed by atoms with Crippen molar-refractivity contribution in [3.8, 4) is 0 Å². The Hall–Kier alpha value is -0.780. The second-order valence-electron chi connectivity index (χ2n) is 3.66. The molecule has 0 saturated carbocycles. The smallest absolute Gasteiger partial charge is 0.0392 e. The van der Waals surface area contributed by atoms with Crippen LogP contribution >= 0.6 is 0 Å². The summed E-state index contributed by atoms with van der Waals surface area (Å²) in [5, 5.41) is 0. The van der Waals surface area contributed by atoms with Gasteiger partial charge in [0.15, 0.2) is 0 Å². The summed E-state index contributed by atoms with van der Waals surface area (Å²) in [4.78, 5) is 0. The van der Waals surface area contributed by atoms with Gasteiger partial charge < -0.3 is 0 Å². The summed E-state index contributed by atoms with van der Waals surface area (Å²) in [5.74, 6) is 0. The van der Waals surface area contributed by atoms with Crippen molar-refractivity contribution in [1.82, 2.24) is 0 Å². The fraction of sp³-hybridized carbons (Fsp3) is 0.500. The molecule has 0 N–H and O–H groups in total. The van der Waals surface area contributed by atoms with E-state index in [0.717, 1.165) is 5.57 Å². The molecule has 0 rings (SSSR count). The highest BCUT2D eigenvalue weighted by atomic mass is 14.1. The topological polar surface area (TPSA) is 0 Å². The Morgan fingerprint density at radius 3 is 1.33 bits per heavy atom. The van der Waals surface area contributed by atoms with Gasteiger partial charge in [-0.15, -0.1) is 0 Å². The molecule has 0 unspecified atom stereocenters. The minimum Gasteiger partial charge on any atom is -0.0958 e. The predicted octanol–water partition coefficient (Wildman–Crippen LogP) is 4.26. The Morgan fingerprint density at radius 1 is 0.667 bits per heavy atom. The zero-order chi connectivity index (χ0) is 9.89. The zero-order valence-electron chi connectivity index (χ0n) is 9.21. The minimum atomic E-state index is 1.16. The van der Waals surface area contributed by atoms with Crippen LogP contribution in [-0.2, 0) is 0 Å². The van der Waals surface area contributed by atoms with E-state index >= 15 is 0 Å². The first kappa shape index (κ1) is 11.2. The number of rotatable bonds is 2. The van der Waals surface area contributed by atoms with Crippen molar-refractivity contribution in [3.05, 3.63) is 34.4 Å². The van der Waals surface area contributed by atoms with Crippen LogP contribution in [0.25, 0.3) is 0 Å². The molecular weight excluding hydrogens is 144 g/mol. The van der Waals surface area contributed by atoms with E-state index in [-0.39, 0.29) is 0 Å². The van der Waals surface area contributed by atoms with Crippen molar-refractivity contribution >= 4 is 0 Å². The maximum atomic E-state index is 3.94. The number of allylic oxidation sites excluding steroid dienone is 5. The first-order chi connectivity index (χ1) is 5.37. The van der Waals surface area contributed by atoms with Gasteiger partial charge in [-0.1, -0.05) is 17.7 Å². The molecule has 0 aliphatic heterocycles. The molecule has 12 heavy (non-hydrogen) atoms. The highest BCUT2D eigenvalue weighted by Crippen LogP contribution is 2.20. The first-order valence-corrected chi connectivity index (χ1v) is 4.35. The van der Waals surface area contributed by atoms with Crippen molar-refractivity contribution in [2.45, 2.75) is 41.5 Å². The largest absolute Gasteiger partial charge is 0.0958 e. The molecular formula is C12H20. The summed E-state index contributed by atoms with van der Waals surface area (Å²) in [6, 6.07) is 0. The van der Waals surface area contributed by atoms with Crippen LogP contribution in [0, 0.1) is 0 Å². The van der Waals surface area contributed by atoms with E-state index in [2.05, 4.69) is 48.1 Å². The quantitative estimate of drug-likeness (QED) is 0.535. The molecule has 0 fully saturated rings. The molecule has 0 atom stereocenters. The van der Waals surface area contributed by atoms with Crippen molar-refractivity contribution in [1.29, 1.82) is 0 Å². The van der Waals surface area contributed by atoms with Crippen molar-refractivity contribution < 1.29 is 0 Å². The molecule has 0 nitrogen and oxygen atoms in total. The normalized spacial score (nSPS) is 12.2. The van der Waals surface area contributed by atoms with Crippen molar-refractivity contribution in [2.24, 2.45) is 0 Å². The molecule has 0 heterocycles. The molecule has 0 spiro atoms. The Morgan fingerprint density at radius 2 is 1.08 bits per heavy atom. The third kappa shape index (κ3) is 2.69. The minimum absolute atomic E-state index is 1.16. The fourth-order valence-corrected chi connectivity index (χ4v) is 0.976. The molecule has 0 heteroatoms. The van der Waals surface area contributed by atoms with Gasteiger partial charge in [0.1, 0.15) is 0 Å². The number of hydrogen-bond donors (Lipinski definition) is 0. The molecule has 68 valence electrons. The van der Waals surface area contributed by atoms with Crippen LogP contribution in [0.1, 0.15) is 41.5 Å². The van der Waals surface area contributed by atoms with Crippen molar-refractivity contribution in [2.75, 3.05) is 0 Å². The molecule has 0 aromatic carbocycles. The van der Waals surface area contributed by atoms with Crippen LogP contribution in [0.5, 0.6) is 0 Å². The second-order valence-corrected chi connectivity index (χ2v) is 3.66. The predicted molar refractivity (Wildman–Crippen MR) is 57.2 cm³/mol. The molecule has 0 saturated heterocycles. The molecule has 0 aliphatic rings. The summed E-state index contributed by atoms with van der Waals surface area (Å²) >= 11 is 0. The lowest BCUT2D eigenvalue weighted by molar-refractivity contribution is 1.17. The van der Waals surface area contributed by atoms with Gasteiger partial charge in [0.2, 0.25) is 0 Å². The van der Waals surface area contributed by atoms with Gasteiger partial charge in [0.25, 0.3) is 0 Å². The highest BCUT2D eigenvalue weighted by Gasteiger charge is 2.00. The van der Waals surface area contributed by atoms with Crippen molar-refractivity contribution in [3.63, 3.8) is 0 Å². The summed E-state index contributed by atoms with van der Waals surface area (Å²) in [6.07, 6.45) is 0. The lowest BCUT2D eigenvalue weighted by atomic mass is 9.97. The van der Waals surface area contributed by atoms with Crippen LogP contribution in [0.4, 0.5) is 0 Å². The molecule has 0 bridgehead atoms. The Balaban J connectivity index is 5.06.